The summed E-state index contributed by atoms with van der Waals surface area (Å²) in [6, 6.07) is 0.696. The van der Waals surface area contributed by atoms with Gasteiger partial charge in [-0.25, -0.2) is 4.98 Å². The lowest BCUT2D eigenvalue weighted by atomic mass is 10.2. The Morgan fingerprint density at radius 1 is 1.56 bits per heavy atom. The summed E-state index contributed by atoms with van der Waals surface area (Å²) in [6.07, 6.45) is 5.22. The first-order valence-corrected chi connectivity index (χ1v) is 8.02. The van der Waals surface area contributed by atoms with E-state index in [0.29, 0.717) is 6.04 Å². The zero-order valence-electron chi connectivity index (χ0n) is 11.6. The Kier molecular flexibility index (Phi) is 5.60. The smallest absolute Gasteiger partial charge is 0.0897 e. The van der Waals surface area contributed by atoms with Crippen LogP contribution in [0.3, 0.4) is 0 Å². The van der Waals surface area contributed by atoms with Crippen LogP contribution in [-0.4, -0.2) is 35.6 Å². The van der Waals surface area contributed by atoms with Crippen molar-refractivity contribution < 1.29 is 0 Å². The van der Waals surface area contributed by atoms with Gasteiger partial charge in [-0.1, -0.05) is 13.3 Å². The van der Waals surface area contributed by atoms with Gasteiger partial charge in [-0.15, -0.1) is 11.3 Å². The molecule has 0 bridgehead atoms. The van der Waals surface area contributed by atoms with Gasteiger partial charge in [0.2, 0.25) is 0 Å². The van der Waals surface area contributed by atoms with Crippen LogP contribution in [0.1, 0.15) is 43.3 Å². The van der Waals surface area contributed by atoms with Gasteiger partial charge < -0.3 is 5.32 Å². The molecule has 102 valence electrons. The second-order valence-corrected chi connectivity index (χ2v) is 6.30. The van der Waals surface area contributed by atoms with Gasteiger partial charge >= 0.3 is 0 Å². The minimum Gasteiger partial charge on any atom is -0.313 e. The first-order valence-electron chi connectivity index (χ1n) is 7.14. The Balaban J connectivity index is 1.86. The summed E-state index contributed by atoms with van der Waals surface area (Å²) in [5, 5.41) is 6.98. The molecule has 3 nitrogen and oxygen atoms in total. The lowest BCUT2D eigenvalue weighted by Crippen LogP contribution is -2.37. The Morgan fingerprint density at radius 3 is 3.06 bits per heavy atom. The number of nitrogens with zero attached hydrogens (tertiary/aromatic N) is 2. The van der Waals surface area contributed by atoms with Gasteiger partial charge in [-0.3, -0.25) is 4.90 Å². The number of aryl methyl sites for hydroxylation is 1. The monoisotopic (exact) mass is 267 g/mol. The van der Waals surface area contributed by atoms with E-state index in [9.17, 15) is 0 Å². The van der Waals surface area contributed by atoms with Crippen molar-refractivity contribution in [2.24, 2.45) is 0 Å². The summed E-state index contributed by atoms with van der Waals surface area (Å²) in [7, 11) is 0. The van der Waals surface area contributed by atoms with E-state index < -0.39 is 0 Å². The molecule has 1 unspecified atom stereocenters. The number of aromatic nitrogens is 1. The minimum absolute atomic E-state index is 0.696. The fraction of sp³-hybridized carbons (Fsp3) is 0.786. The second kappa shape index (κ2) is 7.22. The predicted molar refractivity (Wildman–Crippen MR) is 78.1 cm³/mol. The van der Waals surface area contributed by atoms with Crippen LogP contribution >= 0.6 is 11.3 Å². The molecule has 2 heterocycles. The van der Waals surface area contributed by atoms with Crippen molar-refractivity contribution in [1.82, 2.24) is 15.2 Å². The van der Waals surface area contributed by atoms with Crippen molar-refractivity contribution in [1.29, 1.82) is 0 Å². The normalized spacial score (nSPS) is 19.8. The summed E-state index contributed by atoms with van der Waals surface area (Å²) in [5.74, 6) is 0. The molecule has 18 heavy (non-hydrogen) atoms. The summed E-state index contributed by atoms with van der Waals surface area (Å²) in [6.45, 7) is 8.94. The molecule has 0 aromatic carbocycles. The number of unbranched alkanes of at least 4 members (excludes halogenated alkanes) is 1. The molecule has 1 saturated heterocycles. The van der Waals surface area contributed by atoms with Crippen LogP contribution in [0.4, 0.5) is 0 Å². The van der Waals surface area contributed by atoms with E-state index in [0.717, 1.165) is 6.54 Å². The van der Waals surface area contributed by atoms with Crippen molar-refractivity contribution in [3.63, 3.8) is 0 Å². The van der Waals surface area contributed by atoms with Crippen LogP contribution in [0.2, 0.25) is 0 Å². The lowest BCUT2D eigenvalue weighted by Gasteiger charge is -2.24. The fourth-order valence-corrected chi connectivity index (χ4v) is 3.15. The highest BCUT2D eigenvalue weighted by atomic mass is 32.1. The maximum Gasteiger partial charge on any atom is 0.0897 e. The molecule has 0 spiro atoms. The van der Waals surface area contributed by atoms with Crippen LogP contribution in [-0.2, 0) is 6.54 Å². The van der Waals surface area contributed by atoms with Gasteiger partial charge in [0.15, 0.2) is 0 Å². The summed E-state index contributed by atoms with van der Waals surface area (Å²) in [4.78, 5) is 7.16. The van der Waals surface area contributed by atoms with Crippen LogP contribution < -0.4 is 5.32 Å². The van der Waals surface area contributed by atoms with Crippen molar-refractivity contribution >= 4 is 11.3 Å². The van der Waals surface area contributed by atoms with Gasteiger partial charge in [-0.2, -0.15) is 0 Å². The number of nitrogens with one attached hydrogen (secondary N) is 1. The standard InChI is InChI=1S/C14H25N3S/c1-3-4-8-17(9-13-6-5-7-15-13)10-14-11-18-12(2)16-14/h11,13,15H,3-10H2,1-2H3. The van der Waals surface area contributed by atoms with Gasteiger partial charge in [0.1, 0.15) is 0 Å². The van der Waals surface area contributed by atoms with Crippen LogP contribution in [0.5, 0.6) is 0 Å². The third-order valence-electron chi connectivity index (χ3n) is 3.52. The molecule has 1 aromatic heterocycles. The van der Waals surface area contributed by atoms with Gasteiger partial charge in [0, 0.05) is 24.5 Å². The number of hydrogen-bond donors (Lipinski definition) is 1. The van der Waals surface area contributed by atoms with E-state index in [1.54, 1.807) is 11.3 Å². The lowest BCUT2D eigenvalue weighted by molar-refractivity contribution is 0.235. The van der Waals surface area contributed by atoms with Crippen molar-refractivity contribution in [2.75, 3.05) is 19.6 Å². The van der Waals surface area contributed by atoms with Crippen molar-refractivity contribution in [3.05, 3.63) is 16.1 Å². The molecule has 1 aliphatic rings. The maximum atomic E-state index is 4.59. The van der Waals surface area contributed by atoms with E-state index >= 15 is 0 Å². The van der Waals surface area contributed by atoms with Gasteiger partial charge in [0.25, 0.3) is 0 Å². The zero-order valence-corrected chi connectivity index (χ0v) is 12.4. The first kappa shape index (κ1) is 14.0. The third-order valence-corrected chi connectivity index (χ3v) is 4.34. The molecule has 4 heteroatoms. The molecule has 0 amide bonds. The van der Waals surface area contributed by atoms with Crippen LogP contribution in [0, 0.1) is 6.92 Å². The van der Waals surface area contributed by atoms with E-state index in [2.05, 4.69) is 34.4 Å². The molecule has 1 atom stereocenters. The quantitative estimate of drug-likeness (QED) is 0.823. The van der Waals surface area contributed by atoms with Crippen LogP contribution in [0.25, 0.3) is 0 Å². The summed E-state index contributed by atoms with van der Waals surface area (Å²) < 4.78 is 0. The third kappa shape index (κ3) is 4.34. The van der Waals surface area contributed by atoms with E-state index in [4.69, 9.17) is 0 Å². The van der Waals surface area contributed by atoms with Crippen molar-refractivity contribution in [3.8, 4) is 0 Å². The van der Waals surface area contributed by atoms with Crippen LogP contribution in [0.15, 0.2) is 5.38 Å². The molecule has 1 aromatic rings. The molecule has 0 saturated carbocycles. The summed E-state index contributed by atoms with van der Waals surface area (Å²) in [5.41, 5.74) is 1.24. The Labute approximate surface area is 115 Å². The molecule has 1 N–H and O–H groups in total. The SMILES string of the molecule is CCCCN(Cc1csc(C)n1)CC1CCCN1. The van der Waals surface area contributed by atoms with E-state index in [-0.39, 0.29) is 0 Å². The average Bonchev–Trinajstić information content (AvgIpc) is 2.98. The first-order chi connectivity index (χ1) is 8.78. The largest absolute Gasteiger partial charge is 0.313 e. The van der Waals surface area contributed by atoms with E-state index in [1.165, 1.54) is 56.0 Å². The predicted octanol–water partition coefficient (Wildman–Crippen LogP) is 2.81. The Bertz CT molecular complexity index is 345. The molecule has 2 rings (SSSR count). The molecular formula is C14H25N3S. The summed E-state index contributed by atoms with van der Waals surface area (Å²) >= 11 is 1.76. The second-order valence-electron chi connectivity index (χ2n) is 5.24. The molecule has 1 aliphatic heterocycles. The zero-order chi connectivity index (χ0) is 12.8. The number of thiazole rings is 1. The molecule has 1 fully saturated rings. The topological polar surface area (TPSA) is 28.2 Å². The molecule has 0 aliphatic carbocycles. The van der Waals surface area contributed by atoms with Gasteiger partial charge in [0.05, 0.1) is 10.7 Å². The fourth-order valence-electron chi connectivity index (χ4n) is 2.55. The van der Waals surface area contributed by atoms with E-state index in [1.807, 2.05) is 0 Å². The highest BCUT2D eigenvalue weighted by Gasteiger charge is 2.18. The number of rotatable bonds is 7. The maximum absolute atomic E-state index is 4.59. The minimum atomic E-state index is 0.696. The molecule has 0 radical (unpaired) electrons. The highest BCUT2D eigenvalue weighted by molar-refractivity contribution is 7.09. The Hall–Kier alpha value is -0.450. The average molecular weight is 267 g/mol. The number of hydrogen-bond acceptors (Lipinski definition) is 4. The van der Waals surface area contributed by atoms with Crippen molar-refractivity contribution in [2.45, 2.75) is 52.1 Å². The Morgan fingerprint density at radius 2 is 2.44 bits per heavy atom. The van der Waals surface area contributed by atoms with Gasteiger partial charge in [-0.05, 0) is 39.3 Å². The molecular weight excluding hydrogens is 242 g/mol. The highest BCUT2D eigenvalue weighted by Crippen LogP contribution is 2.13.